The summed E-state index contributed by atoms with van der Waals surface area (Å²) in [5.74, 6) is -0.0532. The molecule has 0 fully saturated rings. The minimum atomic E-state index is -0.0532. The Morgan fingerprint density at radius 2 is 2.29 bits per heavy atom. The van der Waals surface area contributed by atoms with E-state index in [1.165, 1.54) is 11.3 Å². The number of carbonyl (C=O) groups is 1. The van der Waals surface area contributed by atoms with Crippen molar-refractivity contribution in [3.63, 3.8) is 0 Å². The first-order chi connectivity index (χ1) is 10.1. The lowest BCUT2D eigenvalue weighted by Gasteiger charge is -2.08. The lowest BCUT2D eigenvalue weighted by molar-refractivity contribution is -0.119. The van der Waals surface area contributed by atoms with E-state index in [1.807, 2.05) is 5.38 Å². The van der Waals surface area contributed by atoms with E-state index in [9.17, 15) is 4.79 Å². The van der Waals surface area contributed by atoms with Gasteiger partial charge in [-0.25, -0.2) is 4.98 Å². The molecule has 0 unspecified atom stereocenters. The third-order valence-corrected chi connectivity index (χ3v) is 4.09. The molecule has 1 amide bonds. The Balaban J connectivity index is 1.98. The van der Waals surface area contributed by atoms with Gasteiger partial charge >= 0.3 is 0 Å². The standard InChI is InChI=1S/C14H16ClN3O2S/c1-16-13(20)5-14-18-10(8-21-14)6-17-12-4-9(7-19)2-3-11(12)15/h2-4,8,17,19H,5-7H2,1H3,(H,16,20). The topological polar surface area (TPSA) is 74.2 Å². The molecule has 2 rings (SSSR count). The average Bonchev–Trinajstić information content (AvgIpc) is 2.93. The Labute approximate surface area is 132 Å². The van der Waals surface area contributed by atoms with Crippen LogP contribution in [0.3, 0.4) is 0 Å². The predicted octanol–water partition coefficient (Wildman–Crippen LogP) is 2.19. The Bertz CT molecular complexity index is 630. The van der Waals surface area contributed by atoms with Crippen molar-refractivity contribution in [2.24, 2.45) is 0 Å². The number of hydrogen-bond donors (Lipinski definition) is 3. The van der Waals surface area contributed by atoms with Crippen molar-refractivity contribution < 1.29 is 9.90 Å². The third kappa shape index (κ3) is 4.42. The second-order valence-electron chi connectivity index (χ2n) is 4.41. The van der Waals surface area contributed by atoms with E-state index in [4.69, 9.17) is 16.7 Å². The molecule has 0 atom stereocenters. The number of carbonyl (C=O) groups excluding carboxylic acids is 1. The lowest BCUT2D eigenvalue weighted by atomic mass is 10.2. The molecule has 0 aliphatic carbocycles. The van der Waals surface area contributed by atoms with Crippen LogP contribution >= 0.6 is 22.9 Å². The molecular weight excluding hydrogens is 310 g/mol. The number of anilines is 1. The molecule has 5 nitrogen and oxygen atoms in total. The van der Waals surface area contributed by atoms with Crippen LogP contribution < -0.4 is 10.6 Å². The first-order valence-electron chi connectivity index (χ1n) is 6.39. The lowest BCUT2D eigenvalue weighted by Crippen LogP contribution is -2.19. The second kappa shape index (κ2) is 7.40. The van der Waals surface area contributed by atoms with E-state index >= 15 is 0 Å². The number of hydrogen-bond acceptors (Lipinski definition) is 5. The molecule has 0 aliphatic heterocycles. The molecule has 0 spiro atoms. The summed E-state index contributed by atoms with van der Waals surface area (Å²) in [6.45, 7) is 0.484. The monoisotopic (exact) mass is 325 g/mol. The van der Waals surface area contributed by atoms with E-state index in [0.29, 0.717) is 18.0 Å². The normalized spacial score (nSPS) is 10.4. The highest BCUT2D eigenvalue weighted by atomic mass is 35.5. The van der Waals surface area contributed by atoms with Crippen molar-refractivity contribution in [1.82, 2.24) is 10.3 Å². The Morgan fingerprint density at radius 3 is 3.00 bits per heavy atom. The quantitative estimate of drug-likeness (QED) is 0.761. The SMILES string of the molecule is CNC(=O)Cc1nc(CNc2cc(CO)ccc2Cl)cs1. The molecule has 0 radical (unpaired) electrons. The van der Waals surface area contributed by atoms with Crippen molar-refractivity contribution in [2.75, 3.05) is 12.4 Å². The fourth-order valence-corrected chi connectivity index (χ4v) is 2.71. The first-order valence-corrected chi connectivity index (χ1v) is 7.65. The van der Waals surface area contributed by atoms with Gasteiger partial charge in [-0.05, 0) is 17.7 Å². The van der Waals surface area contributed by atoms with Gasteiger partial charge in [-0.1, -0.05) is 17.7 Å². The fourth-order valence-electron chi connectivity index (χ4n) is 1.73. The van der Waals surface area contributed by atoms with Crippen LogP contribution in [0.15, 0.2) is 23.6 Å². The number of aromatic nitrogens is 1. The molecule has 0 saturated heterocycles. The smallest absolute Gasteiger partial charge is 0.226 e. The zero-order chi connectivity index (χ0) is 15.2. The summed E-state index contributed by atoms with van der Waals surface area (Å²) < 4.78 is 0. The highest BCUT2D eigenvalue weighted by molar-refractivity contribution is 7.09. The van der Waals surface area contributed by atoms with Gasteiger partial charge in [0.2, 0.25) is 5.91 Å². The highest BCUT2D eigenvalue weighted by Crippen LogP contribution is 2.24. The van der Waals surface area contributed by atoms with E-state index < -0.39 is 0 Å². The Kier molecular flexibility index (Phi) is 5.55. The molecule has 0 bridgehead atoms. The maximum Gasteiger partial charge on any atom is 0.226 e. The zero-order valence-corrected chi connectivity index (χ0v) is 13.1. The number of rotatable bonds is 6. The summed E-state index contributed by atoms with van der Waals surface area (Å²) in [4.78, 5) is 15.7. The number of nitrogens with one attached hydrogen (secondary N) is 2. The number of halogens is 1. The number of benzene rings is 1. The molecule has 1 aromatic carbocycles. The van der Waals surface area contributed by atoms with E-state index in [1.54, 1.807) is 25.2 Å². The maximum absolute atomic E-state index is 11.3. The number of amides is 1. The van der Waals surface area contributed by atoms with Crippen molar-refractivity contribution in [3.8, 4) is 0 Å². The number of thiazole rings is 1. The van der Waals surface area contributed by atoms with Crippen molar-refractivity contribution in [1.29, 1.82) is 0 Å². The van der Waals surface area contributed by atoms with E-state index in [-0.39, 0.29) is 12.5 Å². The van der Waals surface area contributed by atoms with Gasteiger partial charge in [0.25, 0.3) is 0 Å². The number of likely N-dealkylation sites (N-methyl/N-ethyl adjacent to an activating group) is 1. The van der Waals surface area contributed by atoms with Crippen molar-refractivity contribution in [2.45, 2.75) is 19.6 Å². The van der Waals surface area contributed by atoms with Crippen LogP contribution in [0.2, 0.25) is 5.02 Å². The summed E-state index contributed by atoms with van der Waals surface area (Å²) in [7, 11) is 1.61. The molecule has 7 heteroatoms. The third-order valence-electron chi connectivity index (χ3n) is 2.86. The van der Waals surface area contributed by atoms with Gasteiger partial charge < -0.3 is 15.7 Å². The summed E-state index contributed by atoms with van der Waals surface area (Å²) in [6.07, 6.45) is 0.294. The largest absolute Gasteiger partial charge is 0.392 e. The Morgan fingerprint density at radius 1 is 1.48 bits per heavy atom. The van der Waals surface area contributed by atoms with Gasteiger partial charge in [-0.15, -0.1) is 11.3 Å². The van der Waals surface area contributed by atoms with Gasteiger partial charge in [-0.3, -0.25) is 4.79 Å². The number of aliphatic hydroxyl groups excluding tert-OH is 1. The molecular formula is C14H16ClN3O2S. The van der Waals surface area contributed by atoms with Gasteiger partial charge in [0.1, 0.15) is 5.01 Å². The molecule has 3 N–H and O–H groups in total. The van der Waals surface area contributed by atoms with Crippen LogP contribution in [0.5, 0.6) is 0 Å². The number of aliphatic hydroxyl groups is 1. The predicted molar refractivity (Wildman–Crippen MR) is 84.6 cm³/mol. The van der Waals surface area contributed by atoms with Crippen LogP contribution in [0, 0.1) is 0 Å². The fraction of sp³-hybridized carbons (Fsp3) is 0.286. The van der Waals surface area contributed by atoms with Crippen LogP contribution in [-0.4, -0.2) is 23.0 Å². The van der Waals surface area contributed by atoms with Crippen LogP contribution in [0.25, 0.3) is 0 Å². The van der Waals surface area contributed by atoms with E-state index in [0.717, 1.165) is 22.0 Å². The molecule has 112 valence electrons. The summed E-state index contributed by atoms with van der Waals surface area (Å²) in [5, 5.41) is 18.2. The van der Waals surface area contributed by atoms with Crippen LogP contribution in [0.4, 0.5) is 5.69 Å². The second-order valence-corrected chi connectivity index (χ2v) is 5.76. The van der Waals surface area contributed by atoms with Gasteiger partial charge in [0.15, 0.2) is 0 Å². The molecule has 2 aromatic rings. The summed E-state index contributed by atoms with van der Waals surface area (Å²) >= 11 is 7.55. The maximum atomic E-state index is 11.3. The summed E-state index contributed by atoms with van der Waals surface area (Å²) in [5.41, 5.74) is 2.40. The molecule has 0 saturated carbocycles. The molecule has 0 aliphatic rings. The molecule has 21 heavy (non-hydrogen) atoms. The van der Waals surface area contributed by atoms with Crippen molar-refractivity contribution in [3.05, 3.63) is 44.9 Å². The van der Waals surface area contributed by atoms with Gasteiger partial charge in [0, 0.05) is 12.4 Å². The van der Waals surface area contributed by atoms with Gasteiger partial charge in [-0.2, -0.15) is 0 Å². The summed E-state index contributed by atoms with van der Waals surface area (Å²) in [6, 6.07) is 5.32. The number of nitrogens with zero attached hydrogens (tertiary/aromatic N) is 1. The first kappa shape index (κ1) is 15.8. The minimum Gasteiger partial charge on any atom is -0.392 e. The van der Waals surface area contributed by atoms with Crippen LogP contribution in [0.1, 0.15) is 16.3 Å². The molecule has 1 aromatic heterocycles. The van der Waals surface area contributed by atoms with Gasteiger partial charge in [0.05, 0.1) is 36.0 Å². The highest BCUT2D eigenvalue weighted by Gasteiger charge is 2.07. The minimum absolute atomic E-state index is 0.0289. The Hall–Kier alpha value is -1.63. The molecule has 1 heterocycles. The van der Waals surface area contributed by atoms with Crippen LogP contribution in [-0.2, 0) is 24.4 Å². The zero-order valence-electron chi connectivity index (χ0n) is 11.5. The average molecular weight is 326 g/mol. The van der Waals surface area contributed by atoms with Crippen molar-refractivity contribution >= 4 is 34.5 Å². The van der Waals surface area contributed by atoms with E-state index in [2.05, 4.69) is 15.6 Å².